The average Bonchev–Trinajstić information content (AvgIpc) is 2.98. The van der Waals surface area contributed by atoms with Gasteiger partial charge >= 0.3 is 10.1 Å². The first-order valence-corrected chi connectivity index (χ1v) is 7.85. The topological polar surface area (TPSA) is 34.8 Å². The third kappa shape index (κ3) is 2.87. The maximum absolute atomic E-state index is 4.56. The Morgan fingerprint density at radius 3 is 2.70 bits per heavy atom. The van der Waals surface area contributed by atoms with Crippen molar-refractivity contribution in [2.24, 2.45) is 7.05 Å². The molecule has 0 unspecified atom stereocenters. The number of thioether (sulfide) groups is 1. The number of rotatable bonds is 3. The molecule has 0 saturated heterocycles. The Bertz CT molecular complexity index is 734. The van der Waals surface area contributed by atoms with Crippen LogP contribution in [0.2, 0.25) is 0 Å². The molecule has 0 bridgehead atoms. The summed E-state index contributed by atoms with van der Waals surface area (Å²) in [4.78, 5) is 1.04. The van der Waals surface area contributed by atoms with Gasteiger partial charge in [-0.25, -0.2) is 0 Å². The highest BCUT2D eigenvalue weighted by molar-refractivity contribution is 7.98. The summed E-state index contributed by atoms with van der Waals surface area (Å²) in [6.07, 6.45) is 6.12. The van der Waals surface area contributed by atoms with Crippen LogP contribution in [0.4, 0.5) is 0 Å². The number of hydrogen-bond acceptors (Lipinski definition) is 4. The summed E-state index contributed by atoms with van der Waals surface area (Å²) in [5, 5.41) is 10.8. The van der Waals surface area contributed by atoms with Crippen molar-refractivity contribution in [3.8, 4) is 0 Å². The fraction of sp³-hybridized carbons (Fsp3) is 0.154. The molecule has 7 heteroatoms. The van der Waals surface area contributed by atoms with E-state index in [-0.39, 0.29) is 12.4 Å². The van der Waals surface area contributed by atoms with Gasteiger partial charge in [-0.05, 0) is 29.2 Å². The van der Waals surface area contributed by atoms with E-state index < -0.39 is 0 Å². The Morgan fingerprint density at radius 1 is 1.25 bits per heavy atom. The minimum atomic E-state index is 0. The van der Waals surface area contributed by atoms with Gasteiger partial charge in [0.05, 0.1) is 12.1 Å². The fourth-order valence-corrected chi connectivity index (χ4v) is 3.16. The lowest BCUT2D eigenvalue weighted by Gasteiger charge is -1.88. The summed E-state index contributed by atoms with van der Waals surface area (Å²) in [6.45, 7) is 0. The van der Waals surface area contributed by atoms with Crippen LogP contribution in [0.5, 0.6) is 0 Å². The van der Waals surface area contributed by atoms with Crippen LogP contribution < -0.4 is 16.9 Å². The molecule has 0 atom stereocenters. The maximum atomic E-state index is 4.56. The minimum Gasteiger partial charge on any atom is -1.00 e. The van der Waals surface area contributed by atoms with Crippen molar-refractivity contribution in [2.75, 3.05) is 6.26 Å². The molecular weight excluding hydrogens is 312 g/mol. The van der Waals surface area contributed by atoms with E-state index in [2.05, 4.69) is 28.4 Å². The van der Waals surface area contributed by atoms with Crippen LogP contribution >= 0.6 is 23.1 Å². The molecule has 20 heavy (non-hydrogen) atoms. The largest absolute Gasteiger partial charge is 1.00 e. The number of halogens is 1. The SMILES string of the molecule is CSc1nn(C)c2sc(/C=C/c3ccccc3)n[n+]12.[Cl-]. The Labute approximate surface area is 131 Å². The third-order valence-electron chi connectivity index (χ3n) is 2.67. The van der Waals surface area contributed by atoms with Gasteiger partial charge in [0.25, 0.3) is 0 Å². The molecular formula is C13H13ClN4S2. The van der Waals surface area contributed by atoms with Crippen LogP contribution in [0.25, 0.3) is 17.1 Å². The molecule has 1 aromatic carbocycles. The third-order valence-corrected chi connectivity index (χ3v) is 4.34. The highest BCUT2D eigenvalue weighted by atomic mass is 35.5. The number of nitrogens with zero attached hydrogens (tertiary/aromatic N) is 4. The predicted octanol–water partition coefficient (Wildman–Crippen LogP) is -0.488. The summed E-state index contributed by atoms with van der Waals surface area (Å²) < 4.78 is 3.75. The molecule has 2 aromatic heterocycles. The molecule has 0 saturated carbocycles. The lowest BCUT2D eigenvalue weighted by molar-refractivity contribution is -0.617. The van der Waals surface area contributed by atoms with Crippen LogP contribution in [0.15, 0.2) is 35.5 Å². The molecule has 0 fully saturated rings. The molecule has 4 nitrogen and oxygen atoms in total. The molecule has 104 valence electrons. The van der Waals surface area contributed by atoms with E-state index in [0.29, 0.717) is 0 Å². The number of fused-ring (bicyclic) bond motifs is 1. The number of aromatic nitrogens is 4. The second-order valence-corrected chi connectivity index (χ2v) is 5.75. The second kappa shape index (κ2) is 6.39. The molecule has 0 N–H and O–H groups in total. The number of hydrogen-bond donors (Lipinski definition) is 0. The first-order chi connectivity index (χ1) is 9.28. The summed E-state index contributed by atoms with van der Waals surface area (Å²) in [6, 6.07) is 10.2. The van der Waals surface area contributed by atoms with Gasteiger partial charge in [-0.2, -0.15) is 0 Å². The minimum absolute atomic E-state index is 0. The van der Waals surface area contributed by atoms with Crippen LogP contribution in [0, 0.1) is 0 Å². The van der Waals surface area contributed by atoms with Crippen molar-refractivity contribution < 1.29 is 16.9 Å². The van der Waals surface area contributed by atoms with Gasteiger partial charge in [-0.1, -0.05) is 62.5 Å². The first kappa shape index (κ1) is 15.0. The van der Waals surface area contributed by atoms with Crippen molar-refractivity contribution in [3.63, 3.8) is 0 Å². The van der Waals surface area contributed by atoms with E-state index in [1.807, 2.05) is 46.8 Å². The van der Waals surface area contributed by atoms with Crippen molar-refractivity contribution in [1.82, 2.24) is 14.9 Å². The molecule has 2 heterocycles. The second-order valence-electron chi connectivity index (χ2n) is 3.99. The zero-order chi connectivity index (χ0) is 13.2. The summed E-state index contributed by atoms with van der Waals surface area (Å²) in [5.41, 5.74) is 1.18. The zero-order valence-electron chi connectivity index (χ0n) is 11.0. The van der Waals surface area contributed by atoms with Gasteiger partial charge in [0.1, 0.15) is 0 Å². The summed E-state index contributed by atoms with van der Waals surface area (Å²) in [7, 11) is 1.94. The predicted molar refractivity (Wildman–Crippen MR) is 79.2 cm³/mol. The molecule has 3 rings (SSSR count). The van der Waals surface area contributed by atoms with E-state index in [4.69, 9.17) is 0 Å². The Hall–Kier alpha value is -1.37. The lowest BCUT2D eigenvalue weighted by atomic mass is 10.2. The molecule has 0 radical (unpaired) electrons. The fourth-order valence-electron chi connectivity index (χ4n) is 1.77. The smallest absolute Gasteiger partial charge is 0.361 e. The highest BCUT2D eigenvalue weighted by Crippen LogP contribution is 2.16. The van der Waals surface area contributed by atoms with Crippen molar-refractivity contribution in [2.45, 2.75) is 5.16 Å². The van der Waals surface area contributed by atoms with Gasteiger partial charge in [0.2, 0.25) is 0 Å². The summed E-state index contributed by atoms with van der Waals surface area (Å²) >= 11 is 3.23. The quantitative estimate of drug-likeness (QED) is 0.482. The van der Waals surface area contributed by atoms with Crippen LogP contribution in [0.1, 0.15) is 10.6 Å². The highest BCUT2D eigenvalue weighted by Gasteiger charge is 2.20. The van der Waals surface area contributed by atoms with E-state index in [0.717, 1.165) is 15.1 Å². The summed E-state index contributed by atoms with van der Waals surface area (Å²) in [5.74, 6) is 0. The van der Waals surface area contributed by atoms with E-state index in [1.165, 1.54) is 5.56 Å². The van der Waals surface area contributed by atoms with E-state index >= 15 is 0 Å². The van der Waals surface area contributed by atoms with E-state index in [1.54, 1.807) is 23.1 Å². The average molecular weight is 325 g/mol. The normalized spacial score (nSPS) is 11.1. The Morgan fingerprint density at radius 2 is 2.00 bits per heavy atom. The first-order valence-electron chi connectivity index (χ1n) is 5.81. The number of benzene rings is 1. The van der Waals surface area contributed by atoms with Gasteiger partial charge in [0.15, 0.2) is 5.01 Å². The molecule has 3 aromatic rings. The van der Waals surface area contributed by atoms with Crippen molar-refractivity contribution in [3.05, 3.63) is 40.9 Å². The van der Waals surface area contributed by atoms with E-state index in [9.17, 15) is 0 Å². The zero-order valence-corrected chi connectivity index (χ0v) is 13.4. The molecule has 0 aliphatic carbocycles. The van der Waals surface area contributed by atoms with Gasteiger partial charge in [0, 0.05) is 0 Å². The number of aryl methyl sites for hydroxylation is 1. The molecule has 0 amide bonds. The van der Waals surface area contributed by atoms with Gasteiger partial charge in [-0.3, -0.25) is 0 Å². The van der Waals surface area contributed by atoms with Gasteiger partial charge in [-0.15, -0.1) is 0 Å². The molecule has 0 aliphatic rings. The van der Waals surface area contributed by atoms with Crippen LogP contribution in [0.3, 0.4) is 0 Å². The van der Waals surface area contributed by atoms with Crippen molar-refractivity contribution >= 4 is 40.2 Å². The molecule has 0 spiro atoms. The monoisotopic (exact) mass is 324 g/mol. The Balaban J connectivity index is 0.00000147. The van der Waals surface area contributed by atoms with Crippen LogP contribution in [-0.2, 0) is 7.05 Å². The standard InChI is InChI=1S/C13H13N4S2.ClH/c1-16-13-17(12(15-16)18-2)14-11(19-13)9-8-10-6-4-3-5-7-10;/h3-9H,1-2H3;1H/q+1;/p-1/b9-8+;. The maximum Gasteiger partial charge on any atom is 0.361 e. The lowest BCUT2D eigenvalue weighted by Crippen LogP contribution is -3.00. The molecule has 0 aliphatic heterocycles. The van der Waals surface area contributed by atoms with Crippen LogP contribution in [-0.4, -0.2) is 21.1 Å². The van der Waals surface area contributed by atoms with Crippen molar-refractivity contribution in [1.29, 1.82) is 0 Å². The Kier molecular flexibility index (Phi) is 4.80. The van der Waals surface area contributed by atoms with Gasteiger partial charge < -0.3 is 12.4 Å².